The van der Waals surface area contributed by atoms with E-state index in [2.05, 4.69) is 32.1 Å². The number of benzene rings is 2. The van der Waals surface area contributed by atoms with Gasteiger partial charge in [0.2, 0.25) is 0 Å². The average molecular weight is 252 g/mol. The molecule has 19 heavy (non-hydrogen) atoms. The van der Waals surface area contributed by atoms with Gasteiger partial charge in [0.05, 0.1) is 6.10 Å². The molecule has 0 bridgehead atoms. The SMILES string of the molecule is C/C(=C/c1ccccc1C)CC(O)c1ccccc1. The van der Waals surface area contributed by atoms with Crippen molar-refractivity contribution in [3.63, 3.8) is 0 Å². The number of aliphatic hydroxyl groups excluding tert-OH is 1. The van der Waals surface area contributed by atoms with Crippen molar-refractivity contribution in [3.05, 3.63) is 76.9 Å². The molecule has 1 atom stereocenters. The highest BCUT2D eigenvalue weighted by atomic mass is 16.3. The summed E-state index contributed by atoms with van der Waals surface area (Å²) in [4.78, 5) is 0. The molecule has 2 rings (SSSR count). The van der Waals surface area contributed by atoms with Gasteiger partial charge in [-0.05, 0) is 37.0 Å². The zero-order valence-corrected chi connectivity index (χ0v) is 11.5. The van der Waals surface area contributed by atoms with Crippen molar-refractivity contribution in [1.82, 2.24) is 0 Å². The van der Waals surface area contributed by atoms with Crippen molar-refractivity contribution in [2.24, 2.45) is 0 Å². The van der Waals surface area contributed by atoms with Crippen LogP contribution in [0.2, 0.25) is 0 Å². The van der Waals surface area contributed by atoms with Crippen molar-refractivity contribution in [1.29, 1.82) is 0 Å². The summed E-state index contributed by atoms with van der Waals surface area (Å²) in [7, 11) is 0. The lowest BCUT2D eigenvalue weighted by molar-refractivity contribution is 0.178. The topological polar surface area (TPSA) is 20.2 Å². The molecular formula is C18H20O. The third kappa shape index (κ3) is 3.80. The summed E-state index contributed by atoms with van der Waals surface area (Å²) in [6, 6.07) is 18.1. The van der Waals surface area contributed by atoms with E-state index in [0.717, 1.165) is 5.56 Å². The van der Waals surface area contributed by atoms with E-state index in [1.807, 2.05) is 42.5 Å². The quantitative estimate of drug-likeness (QED) is 0.848. The second-order valence-corrected chi connectivity index (χ2v) is 4.98. The van der Waals surface area contributed by atoms with E-state index >= 15 is 0 Å². The molecule has 1 heteroatoms. The second kappa shape index (κ2) is 6.35. The van der Waals surface area contributed by atoms with Crippen LogP contribution in [0.15, 0.2) is 60.2 Å². The van der Waals surface area contributed by atoms with Gasteiger partial charge in [0, 0.05) is 0 Å². The molecule has 0 saturated heterocycles. The van der Waals surface area contributed by atoms with E-state index in [4.69, 9.17) is 0 Å². The normalized spacial score (nSPS) is 13.3. The van der Waals surface area contributed by atoms with Crippen LogP contribution in [-0.4, -0.2) is 5.11 Å². The van der Waals surface area contributed by atoms with Gasteiger partial charge in [0.25, 0.3) is 0 Å². The largest absolute Gasteiger partial charge is 0.388 e. The first-order valence-electron chi connectivity index (χ1n) is 6.62. The third-order valence-electron chi connectivity index (χ3n) is 3.29. The average Bonchev–Trinajstić information content (AvgIpc) is 2.42. The Balaban J connectivity index is 2.09. The van der Waals surface area contributed by atoms with Crippen molar-refractivity contribution in [2.75, 3.05) is 0 Å². The van der Waals surface area contributed by atoms with Crippen molar-refractivity contribution >= 4 is 6.08 Å². The van der Waals surface area contributed by atoms with Gasteiger partial charge in [-0.3, -0.25) is 0 Å². The first-order valence-corrected chi connectivity index (χ1v) is 6.62. The molecule has 2 aromatic rings. The van der Waals surface area contributed by atoms with Gasteiger partial charge >= 0.3 is 0 Å². The Morgan fingerprint density at radius 1 is 1.05 bits per heavy atom. The van der Waals surface area contributed by atoms with Crippen molar-refractivity contribution < 1.29 is 5.11 Å². The third-order valence-corrected chi connectivity index (χ3v) is 3.29. The first-order chi connectivity index (χ1) is 9.16. The predicted octanol–water partition coefficient (Wildman–Crippen LogP) is 4.52. The van der Waals surface area contributed by atoms with Crippen LogP contribution >= 0.6 is 0 Å². The summed E-state index contributed by atoms with van der Waals surface area (Å²) in [5, 5.41) is 10.2. The summed E-state index contributed by atoms with van der Waals surface area (Å²) in [5.74, 6) is 0. The predicted molar refractivity (Wildman–Crippen MR) is 80.8 cm³/mol. The Bertz CT molecular complexity index is 555. The van der Waals surface area contributed by atoms with Gasteiger partial charge in [0.15, 0.2) is 0 Å². The van der Waals surface area contributed by atoms with Gasteiger partial charge in [-0.25, -0.2) is 0 Å². The number of hydrogen-bond donors (Lipinski definition) is 1. The lowest BCUT2D eigenvalue weighted by atomic mass is 9.99. The van der Waals surface area contributed by atoms with E-state index in [9.17, 15) is 5.11 Å². The van der Waals surface area contributed by atoms with Gasteiger partial charge in [-0.1, -0.05) is 66.2 Å². The van der Waals surface area contributed by atoms with Crippen LogP contribution < -0.4 is 0 Å². The molecule has 0 spiro atoms. The Hall–Kier alpha value is -1.86. The molecule has 0 aromatic heterocycles. The van der Waals surface area contributed by atoms with Crippen LogP contribution in [0.1, 0.15) is 36.1 Å². The summed E-state index contributed by atoms with van der Waals surface area (Å²) in [6.07, 6.45) is 2.39. The maximum Gasteiger partial charge on any atom is 0.0827 e. The van der Waals surface area contributed by atoms with Gasteiger partial charge in [-0.15, -0.1) is 0 Å². The van der Waals surface area contributed by atoms with Crippen molar-refractivity contribution in [2.45, 2.75) is 26.4 Å². The summed E-state index contributed by atoms with van der Waals surface area (Å²) >= 11 is 0. The fourth-order valence-corrected chi connectivity index (χ4v) is 2.17. The summed E-state index contributed by atoms with van der Waals surface area (Å²) < 4.78 is 0. The van der Waals surface area contributed by atoms with Gasteiger partial charge in [0.1, 0.15) is 0 Å². The number of aliphatic hydroxyl groups is 1. The van der Waals surface area contributed by atoms with E-state index in [0.29, 0.717) is 6.42 Å². The molecule has 1 N–H and O–H groups in total. The molecule has 0 heterocycles. The Morgan fingerprint density at radius 2 is 1.68 bits per heavy atom. The fourth-order valence-electron chi connectivity index (χ4n) is 2.17. The molecule has 0 aliphatic heterocycles. The molecule has 2 aromatic carbocycles. The molecule has 98 valence electrons. The molecule has 0 aliphatic carbocycles. The summed E-state index contributed by atoms with van der Waals surface area (Å²) in [5.41, 5.74) is 4.64. The molecule has 0 amide bonds. The number of hydrogen-bond acceptors (Lipinski definition) is 1. The second-order valence-electron chi connectivity index (χ2n) is 4.98. The Morgan fingerprint density at radius 3 is 2.37 bits per heavy atom. The minimum atomic E-state index is -0.429. The Labute approximate surface area is 115 Å². The Kier molecular flexibility index (Phi) is 4.53. The summed E-state index contributed by atoms with van der Waals surface area (Å²) in [6.45, 7) is 4.17. The van der Waals surface area contributed by atoms with E-state index in [1.54, 1.807) is 0 Å². The maximum atomic E-state index is 10.2. The van der Waals surface area contributed by atoms with Crippen LogP contribution in [0, 0.1) is 6.92 Å². The van der Waals surface area contributed by atoms with E-state index in [-0.39, 0.29) is 0 Å². The molecule has 0 fully saturated rings. The van der Waals surface area contributed by atoms with Gasteiger partial charge < -0.3 is 5.11 Å². The minimum absolute atomic E-state index is 0.429. The molecule has 0 saturated carbocycles. The molecule has 0 aliphatic rings. The van der Waals surface area contributed by atoms with Crippen LogP contribution in [-0.2, 0) is 0 Å². The minimum Gasteiger partial charge on any atom is -0.388 e. The molecule has 1 unspecified atom stereocenters. The highest BCUT2D eigenvalue weighted by Crippen LogP contribution is 2.22. The molecule has 1 nitrogen and oxygen atoms in total. The highest BCUT2D eigenvalue weighted by molar-refractivity contribution is 5.56. The lowest BCUT2D eigenvalue weighted by Gasteiger charge is -2.11. The highest BCUT2D eigenvalue weighted by Gasteiger charge is 2.07. The monoisotopic (exact) mass is 252 g/mol. The number of aryl methyl sites for hydroxylation is 1. The van der Waals surface area contributed by atoms with Crippen molar-refractivity contribution in [3.8, 4) is 0 Å². The number of rotatable bonds is 4. The first kappa shape index (κ1) is 13.6. The molecule has 0 radical (unpaired) electrons. The standard InChI is InChI=1S/C18H20O/c1-14(12-17-11-7-6-8-15(17)2)13-18(19)16-9-4-3-5-10-16/h3-12,18-19H,13H2,1-2H3/b14-12-. The smallest absolute Gasteiger partial charge is 0.0827 e. The van der Waals surface area contributed by atoms with Crippen LogP contribution in [0.3, 0.4) is 0 Å². The lowest BCUT2D eigenvalue weighted by Crippen LogP contribution is -1.97. The molecular weight excluding hydrogens is 232 g/mol. The van der Waals surface area contributed by atoms with Crippen LogP contribution in [0.25, 0.3) is 6.08 Å². The fraction of sp³-hybridized carbons (Fsp3) is 0.222. The van der Waals surface area contributed by atoms with Crippen LogP contribution in [0.4, 0.5) is 0 Å². The zero-order chi connectivity index (χ0) is 13.7. The van der Waals surface area contributed by atoms with Gasteiger partial charge in [-0.2, -0.15) is 0 Å². The van der Waals surface area contributed by atoms with E-state index in [1.165, 1.54) is 16.7 Å². The zero-order valence-electron chi connectivity index (χ0n) is 11.5. The van der Waals surface area contributed by atoms with E-state index < -0.39 is 6.10 Å². The van der Waals surface area contributed by atoms with Crippen LogP contribution in [0.5, 0.6) is 0 Å². The maximum absolute atomic E-state index is 10.2.